The smallest absolute Gasteiger partial charge is 0.322 e. The van der Waals surface area contributed by atoms with Crippen LogP contribution in [0.1, 0.15) is 0 Å². The Balaban J connectivity index is 2.62. The average molecular weight is 199 g/mol. The predicted octanol–water partition coefficient (Wildman–Crippen LogP) is -0.436. The van der Waals surface area contributed by atoms with E-state index in [9.17, 15) is 4.79 Å². The highest BCUT2D eigenvalue weighted by molar-refractivity contribution is 5.73. The van der Waals surface area contributed by atoms with Crippen molar-refractivity contribution >= 4 is 5.97 Å². The molecule has 1 heterocycles. The Kier molecular flexibility index (Phi) is 3.47. The molecule has 0 radical (unpaired) electrons. The van der Waals surface area contributed by atoms with Gasteiger partial charge in [-0.05, 0) is 7.05 Å². The van der Waals surface area contributed by atoms with Crippen LogP contribution in [0.15, 0.2) is 12.4 Å². The lowest BCUT2D eigenvalue weighted by Gasteiger charge is -2.10. The minimum absolute atomic E-state index is 0.273. The first kappa shape index (κ1) is 10.5. The number of aliphatic carboxylic acids is 1. The van der Waals surface area contributed by atoms with E-state index in [1.807, 2.05) is 0 Å². The van der Waals surface area contributed by atoms with Crippen LogP contribution in [0.4, 0.5) is 0 Å². The van der Waals surface area contributed by atoms with Crippen molar-refractivity contribution in [3.63, 3.8) is 0 Å². The summed E-state index contributed by atoms with van der Waals surface area (Å²) in [5.41, 5.74) is 0. The Morgan fingerprint density at radius 2 is 2.57 bits per heavy atom. The van der Waals surface area contributed by atoms with E-state index < -0.39 is 12.0 Å². The SMILES string of the molecule is CNC(Cn1cc(OC)cn1)C(=O)O. The van der Waals surface area contributed by atoms with Gasteiger partial charge in [0.05, 0.1) is 26.0 Å². The van der Waals surface area contributed by atoms with E-state index in [1.165, 1.54) is 18.0 Å². The fourth-order valence-corrected chi connectivity index (χ4v) is 1.03. The van der Waals surface area contributed by atoms with E-state index in [4.69, 9.17) is 9.84 Å². The van der Waals surface area contributed by atoms with Crippen molar-refractivity contribution in [2.45, 2.75) is 12.6 Å². The van der Waals surface area contributed by atoms with Crippen molar-refractivity contribution < 1.29 is 14.6 Å². The van der Waals surface area contributed by atoms with Crippen LogP contribution in [0.3, 0.4) is 0 Å². The molecule has 1 unspecified atom stereocenters. The van der Waals surface area contributed by atoms with Gasteiger partial charge in [-0.1, -0.05) is 0 Å². The van der Waals surface area contributed by atoms with Crippen molar-refractivity contribution in [1.82, 2.24) is 15.1 Å². The fourth-order valence-electron chi connectivity index (χ4n) is 1.03. The molecule has 0 aliphatic rings. The highest BCUT2D eigenvalue weighted by Gasteiger charge is 2.15. The predicted molar refractivity (Wildman–Crippen MR) is 49.3 cm³/mol. The molecule has 6 nitrogen and oxygen atoms in total. The van der Waals surface area contributed by atoms with Gasteiger partial charge in [0.1, 0.15) is 6.04 Å². The Morgan fingerprint density at radius 3 is 3.00 bits per heavy atom. The summed E-state index contributed by atoms with van der Waals surface area (Å²) in [6, 6.07) is -0.639. The molecule has 0 bridgehead atoms. The Hall–Kier alpha value is -1.56. The zero-order chi connectivity index (χ0) is 10.6. The zero-order valence-electron chi connectivity index (χ0n) is 8.10. The van der Waals surface area contributed by atoms with Crippen molar-refractivity contribution in [2.24, 2.45) is 0 Å². The molecule has 14 heavy (non-hydrogen) atoms. The van der Waals surface area contributed by atoms with E-state index >= 15 is 0 Å². The number of nitrogens with zero attached hydrogens (tertiary/aromatic N) is 2. The lowest BCUT2D eigenvalue weighted by molar-refractivity contribution is -0.139. The minimum atomic E-state index is -0.901. The molecule has 0 fully saturated rings. The van der Waals surface area contributed by atoms with Crippen LogP contribution in [0.5, 0.6) is 5.75 Å². The Morgan fingerprint density at radius 1 is 1.86 bits per heavy atom. The Labute approximate surface area is 81.5 Å². The minimum Gasteiger partial charge on any atom is -0.493 e. The number of aromatic nitrogens is 2. The molecular weight excluding hydrogens is 186 g/mol. The molecule has 0 spiro atoms. The summed E-state index contributed by atoms with van der Waals surface area (Å²) in [5, 5.41) is 15.4. The third kappa shape index (κ3) is 2.46. The number of nitrogens with one attached hydrogen (secondary N) is 1. The number of carbonyl (C=O) groups is 1. The lowest BCUT2D eigenvalue weighted by atomic mass is 10.3. The summed E-state index contributed by atoms with van der Waals surface area (Å²) >= 11 is 0. The third-order valence-electron chi connectivity index (χ3n) is 1.86. The maximum atomic E-state index is 10.7. The first-order chi connectivity index (χ1) is 6.67. The van der Waals surface area contributed by atoms with Crippen molar-refractivity contribution in [1.29, 1.82) is 0 Å². The van der Waals surface area contributed by atoms with Crippen LogP contribution < -0.4 is 10.1 Å². The zero-order valence-corrected chi connectivity index (χ0v) is 8.10. The van der Waals surface area contributed by atoms with E-state index in [1.54, 1.807) is 13.2 Å². The second-order valence-corrected chi connectivity index (χ2v) is 2.78. The highest BCUT2D eigenvalue weighted by Crippen LogP contribution is 2.06. The Bertz CT molecular complexity index is 311. The average Bonchev–Trinajstić information content (AvgIpc) is 2.61. The van der Waals surface area contributed by atoms with Gasteiger partial charge in [0.25, 0.3) is 0 Å². The number of hydrogen-bond acceptors (Lipinski definition) is 4. The fraction of sp³-hybridized carbons (Fsp3) is 0.500. The quantitative estimate of drug-likeness (QED) is 0.672. The molecular formula is C8H13N3O3. The second-order valence-electron chi connectivity index (χ2n) is 2.78. The maximum Gasteiger partial charge on any atom is 0.322 e. The normalized spacial score (nSPS) is 12.4. The number of ether oxygens (including phenoxy) is 1. The van der Waals surface area contributed by atoms with Gasteiger partial charge in [-0.15, -0.1) is 0 Å². The molecule has 1 aromatic rings. The topological polar surface area (TPSA) is 76.4 Å². The molecule has 0 aliphatic heterocycles. The van der Waals surface area contributed by atoms with Gasteiger partial charge < -0.3 is 15.2 Å². The third-order valence-corrected chi connectivity index (χ3v) is 1.86. The van der Waals surface area contributed by atoms with Crippen LogP contribution in [0, 0.1) is 0 Å². The molecule has 0 aromatic carbocycles. The number of methoxy groups -OCH3 is 1. The molecule has 0 aliphatic carbocycles. The monoisotopic (exact) mass is 199 g/mol. The largest absolute Gasteiger partial charge is 0.493 e. The van der Waals surface area contributed by atoms with Crippen molar-refractivity contribution in [3.05, 3.63) is 12.4 Å². The van der Waals surface area contributed by atoms with Crippen molar-refractivity contribution in [3.8, 4) is 5.75 Å². The van der Waals surface area contributed by atoms with E-state index in [2.05, 4.69) is 10.4 Å². The second kappa shape index (κ2) is 4.61. The summed E-state index contributed by atoms with van der Waals surface area (Å²) < 4.78 is 6.44. The molecule has 1 rings (SSSR count). The molecule has 1 atom stereocenters. The van der Waals surface area contributed by atoms with Crippen LogP contribution >= 0.6 is 0 Å². The first-order valence-corrected chi connectivity index (χ1v) is 4.14. The summed E-state index contributed by atoms with van der Waals surface area (Å²) in [5.74, 6) is -0.285. The van der Waals surface area contributed by atoms with Crippen LogP contribution in [-0.2, 0) is 11.3 Å². The van der Waals surface area contributed by atoms with Gasteiger partial charge in [0.15, 0.2) is 5.75 Å². The van der Waals surface area contributed by atoms with E-state index in [0.717, 1.165) is 0 Å². The summed E-state index contributed by atoms with van der Waals surface area (Å²) in [4.78, 5) is 10.7. The van der Waals surface area contributed by atoms with Gasteiger partial charge in [0.2, 0.25) is 0 Å². The molecule has 0 saturated carbocycles. The number of likely N-dealkylation sites (N-methyl/N-ethyl adjacent to an activating group) is 1. The van der Waals surface area contributed by atoms with E-state index in [-0.39, 0.29) is 6.54 Å². The first-order valence-electron chi connectivity index (χ1n) is 4.14. The van der Waals surface area contributed by atoms with Gasteiger partial charge >= 0.3 is 5.97 Å². The molecule has 0 saturated heterocycles. The summed E-state index contributed by atoms with van der Waals surface area (Å²) in [6.07, 6.45) is 3.18. The van der Waals surface area contributed by atoms with Gasteiger partial charge in [-0.3, -0.25) is 9.48 Å². The van der Waals surface area contributed by atoms with Gasteiger partial charge in [-0.25, -0.2) is 0 Å². The summed E-state index contributed by atoms with van der Waals surface area (Å²) in [7, 11) is 3.13. The summed E-state index contributed by atoms with van der Waals surface area (Å²) in [6.45, 7) is 0.273. The maximum absolute atomic E-state index is 10.7. The standard InChI is InChI=1S/C8H13N3O3/c1-9-7(8(12)13)5-11-4-6(14-2)3-10-11/h3-4,7,9H,5H2,1-2H3,(H,12,13). The highest BCUT2D eigenvalue weighted by atomic mass is 16.5. The molecule has 2 N–H and O–H groups in total. The molecule has 78 valence electrons. The number of carboxylic acids is 1. The molecule has 1 aromatic heterocycles. The number of rotatable bonds is 5. The number of hydrogen-bond donors (Lipinski definition) is 2. The molecule has 0 amide bonds. The molecule has 6 heteroatoms. The van der Waals surface area contributed by atoms with Gasteiger partial charge in [0, 0.05) is 0 Å². The van der Waals surface area contributed by atoms with Crippen LogP contribution in [0.25, 0.3) is 0 Å². The number of carboxylic acid groups (broad SMARTS) is 1. The van der Waals surface area contributed by atoms with Crippen LogP contribution in [-0.4, -0.2) is 41.1 Å². The lowest BCUT2D eigenvalue weighted by Crippen LogP contribution is -2.37. The van der Waals surface area contributed by atoms with Crippen LogP contribution in [0.2, 0.25) is 0 Å². The van der Waals surface area contributed by atoms with Gasteiger partial charge in [-0.2, -0.15) is 5.10 Å². The van der Waals surface area contributed by atoms with Crippen molar-refractivity contribution in [2.75, 3.05) is 14.2 Å². The van der Waals surface area contributed by atoms with E-state index in [0.29, 0.717) is 5.75 Å².